The number of anilines is 1. The smallest absolute Gasteiger partial charge is 0.238 e. The quantitative estimate of drug-likeness (QED) is 0.813. The van der Waals surface area contributed by atoms with Crippen LogP contribution >= 0.6 is 23.2 Å². The highest BCUT2D eigenvalue weighted by molar-refractivity contribution is 6.39. The summed E-state index contributed by atoms with van der Waals surface area (Å²) in [5, 5.41) is 3.74. The summed E-state index contributed by atoms with van der Waals surface area (Å²) in [6.45, 7) is 5.14. The van der Waals surface area contributed by atoms with E-state index in [0.717, 1.165) is 39.1 Å². The van der Waals surface area contributed by atoms with Crippen LogP contribution in [0.3, 0.4) is 0 Å². The zero-order valence-electron chi connectivity index (χ0n) is 14.6. The molecule has 0 spiro atoms. The third-order valence-electron chi connectivity index (χ3n) is 4.62. The molecule has 0 aliphatic carbocycles. The predicted molar refractivity (Wildman–Crippen MR) is 108 cm³/mol. The van der Waals surface area contributed by atoms with Crippen LogP contribution < -0.4 is 5.32 Å². The first-order chi connectivity index (χ1) is 12.6. The lowest BCUT2D eigenvalue weighted by atomic mass is 10.1. The molecular weight excluding hydrogens is 369 g/mol. The number of hydrogen-bond acceptors (Lipinski definition) is 3. The van der Waals surface area contributed by atoms with E-state index in [1.54, 1.807) is 18.2 Å². The molecule has 1 aliphatic rings. The monoisotopic (exact) mass is 391 g/mol. The van der Waals surface area contributed by atoms with Crippen LogP contribution in [0.5, 0.6) is 0 Å². The fourth-order valence-corrected chi connectivity index (χ4v) is 3.59. The van der Waals surface area contributed by atoms with Gasteiger partial charge in [-0.15, -0.1) is 0 Å². The van der Waals surface area contributed by atoms with Crippen molar-refractivity contribution in [3.05, 3.63) is 64.1 Å². The van der Waals surface area contributed by atoms with Crippen LogP contribution in [-0.2, 0) is 11.2 Å². The number of nitrogens with one attached hydrogen (secondary N) is 1. The highest BCUT2D eigenvalue weighted by Crippen LogP contribution is 2.29. The molecule has 3 rings (SSSR count). The number of amides is 1. The Morgan fingerprint density at radius 2 is 1.50 bits per heavy atom. The lowest BCUT2D eigenvalue weighted by Crippen LogP contribution is -2.49. The molecule has 6 heteroatoms. The van der Waals surface area contributed by atoms with E-state index in [0.29, 0.717) is 22.3 Å². The fraction of sp³-hybridized carbons (Fsp3) is 0.350. The molecule has 0 aromatic heterocycles. The topological polar surface area (TPSA) is 35.6 Å². The van der Waals surface area contributed by atoms with E-state index in [2.05, 4.69) is 39.4 Å². The van der Waals surface area contributed by atoms with Crippen LogP contribution in [0.15, 0.2) is 48.5 Å². The van der Waals surface area contributed by atoms with Crippen molar-refractivity contribution >= 4 is 34.8 Å². The molecule has 0 bridgehead atoms. The third-order valence-corrected chi connectivity index (χ3v) is 5.25. The summed E-state index contributed by atoms with van der Waals surface area (Å²) in [6.07, 6.45) is 1.06. The number of piperazine rings is 1. The van der Waals surface area contributed by atoms with Crippen LogP contribution in [0.2, 0.25) is 10.0 Å². The van der Waals surface area contributed by atoms with Crippen LogP contribution in [0.1, 0.15) is 5.56 Å². The highest BCUT2D eigenvalue weighted by Gasteiger charge is 2.19. The summed E-state index contributed by atoms with van der Waals surface area (Å²) >= 11 is 12.2. The molecular formula is C20H23Cl2N3O. The van der Waals surface area contributed by atoms with Crippen LogP contribution in [0.4, 0.5) is 5.69 Å². The van der Waals surface area contributed by atoms with E-state index in [4.69, 9.17) is 23.2 Å². The molecule has 26 heavy (non-hydrogen) atoms. The number of nitrogens with zero attached hydrogens (tertiary/aromatic N) is 2. The minimum atomic E-state index is -0.0854. The largest absolute Gasteiger partial charge is 0.322 e. The summed E-state index contributed by atoms with van der Waals surface area (Å²) in [5.74, 6) is -0.0854. The Labute approximate surface area is 164 Å². The lowest BCUT2D eigenvalue weighted by Gasteiger charge is -2.34. The summed E-state index contributed by atoms with van der Waals surface area (Å²) in [4.78, 5) is 16.9. The van der Waals surface area contributed by atoms with E-state index >= 15 is 0 Å². The van der Waals surface area contributed by atoms with Gasteiger partial charge in [-0.1, -0.05) is 59.6 Å². The predicted octanol–water partition coefficient (Wildman–Crippen LogP) is 3.79. The molecule has 1 saturated heterocycles. The number of carbonyl (C=O) groups excluding carboxylic acids is 1. The molecule has 1 amide bonds. The number of carbonyl (C=O) groups is 1. The van der Waals surface area contributed by atoms with Crippen molar-refractivity contribution in [2.24, 2.45) is 0 Å². The molecule has 1 heterocycles. The van der Waals surface area contributed by atoms with Crippen molar-refractivity contribution < 1.29 is 4.79 Å². The minimum absolute atomic E-state index is 0.0854. The molecule has 1 N–H and O–H groups in total. The van der Waals surface area contributed by atoms with Crippen LogP contribution in [0, 0.1) is 0 Å². The highest BCUT2D eigenvalue weighted by atomic mass is 35.5. The second-order valence-corrected chi connectivity index (χ2v) is 7.31. The van der Waals surface area contributed by atoms with Crippen LogP contribution in [-0.4, -0.2) is 55.0 Å². The Hall–Kier alpha value is -1.59. The zero-order chi connectivity index (χ0) is 18.4. The fourth-order valence-electron chi connectivity index (χ4n) is 3.10. The molecule has 0 saturated carbocycles. The van der Waals surface area contributed by atoms with Crippen molar-refractivity contribution in [3.8, 4) is 0 Å². The Balaban J connectivity index is 1.41. The van der Waals surface area contributed by atoms with Gasteiger partial charge in [-0.3, -0.25) is 9.69 Å². The van der Waals surface area contributed by atoms with Gasteiger partial charge in [-0.25, -0.2) is 0 Å². The number of hydrogen-bond donors (Lipinski definition) is 1. The Kier molecular flexibility index (Phi) is 6.92. The van der Waals surface area contributed by atoms with Gasteiger partial charge in [-0.05, 0) is 24.1 Å². The molecule has 4 nitrogen and oxygen atoms in total. The first-order valence-corrected chi connectivity index (χ1v) is 9.60. The van der Waals surface area contributed by atoms with Crippen molar-refractivity contribution in [3.63, 3.8) is 0 Å². The summed E-state index contributed by atoms with van der Waals surface area (Å²) < 4.78 is 0. The van der Waals surface area contributed by atoms with Crippen molar-refractivity contribution in [2.75, 3.05) is 44.6 Å². The Bertz CT molecular complexity index is 711. The van der Waals surface area contributed by atoms with E-state index in [9.17, 15) is 4.79 Å². The van der Waals surface area contributed by atoms with Gasteiger partial charge in [0.05, 0.1) is 22.3 Å². The average Bonchev–Trinajstić information content (AvgIpc) is 2.65. The van der Waals surface area contributed by atoms with Gasteiger partial charge in [0, 0.05) is 32.7 Å². The second kappa shape index (κ2) is 9.38. The van der Waals surface area contributed by atoms with Gasteiger partial charge < -0.3 is 10.2 Å². The molecule has 0 radical (unpaired) electrons. The van der Waals surface area contributed by atoms with Crippen LogP contribution in [0.25, 0.3) is 0 Å². The number of halogens is 2. The molecule has 0 unspecified atom stereocenters. The van der Waals surface area contributed by atoms with Crippen molar-refractivity contribution in [1.29, 1.82) is 0 Å². The minimum Gasteiger partial charge on any atom is -0.322 e. The van der Waals surface area contributed by atoms with Gasteiger partial charge in [0.2, 0.25) is 5.91 Å². The van der Waals surface area contributed by atoms with Gasteiger partial charge in [0.25, 0.3) is 0 Å². The standard InChI is InChI=1S/C20H23Cl2N3O/c21-17-7-4-8-18(22)20(17)23-19(26)15-25-13-11-24(12-14-25)10-9-16-5-2-1-3-6-16/h1-8H,9-15H2,(H,23,26). The maximum Gasteiger partial charge on any atom is 0.238 e. The van der Waals surface area contributed by atoms with Gasteiger partial charge in [0.1, 0.15) is 0 Å². The van der Waals surface area contributed by atoms with Crippen molar-refractivity contribution in [1.82, 2.24) is 9.80 Å². The lowest BCUT2D eigenvalue weighted by molar-refractivity contribution is -0.117. The molecule has 1 aliphatic heterocycles. The first kappa shape index (κ1) is 19.2. The first-order valence-electron chi connectivity index (χ1n) is 8.84. The third kappa shape index (κ3) is 5.45. The summed E-state index contributed by atoms with van der Waals surface area (Å²) in [6, 6.07) is 15.7. The molecule has 2 aromatic carbocycles. The van der Waals surface area contributed by atoms with E-state index < -0.39 is 0 Å². The number of rotatable bonds is 6. The van der Waals surface area contributed by atoms with Gasteiger partial charge in [-0.2, -0.15) is 0 Å². The maximum absolute atomic E-state index is 12.3. The van der Waals surface area contributed by atoms with Gasteiger partial charge in [0.15, 0.2) is 0 Å². The molecule has 138 valence electrons. The molecule has 1 fully saturated rings. The van der Waals surface area contributed by atoms with Crippen molar-refractivity contribution in [2.45, 2.75) is 6.42 Å². The Morgan fingerprint density at radius 3 is 2.15 bits per heavy atom. The van der Waals surface area contributed by atoms with E-state index in [1.807, 2.05) is 6.07 Å². The normalized spacial score (nSPS) is 15.8. The second-order valence-electron chi connectivity index (χ2n) is 6.50. The number of benzene rings is 2. The van der Waals surface area contributed by atoms with Gasteiger partial charge >= 0.3 is 0 Å². The van der Waals surface area contributed by atoms with E-state index in [1.165, 1.54) is 5.56 Å². The average molecular weight is 392 g/mol. The van der Waals surface area contributed by atoms with E-state index in [-0.39, 0.29) is 5.91 Å². The summed E-state index contributed by atoms with van der Waals surface area (Å²) in [7, 11) is 0. The SMILES string of the molecule is O=C(CN1CCN(CCc2ccccc2)CC1)Nc1c(Cl)cccc1Cl. The maximum atomic E-state index is 12.3. The zero-order valence-corrected chi connectivity index (χ0v) is 16.1. The molecule has 2 aromatic rings. The number of para-hydroxylation sites is 1. The summed E-state index contributed by atoms with van der Waals surface area (Å²) in [5.41, 5.74) is 1.85. The molecule has 0 atom stereocenters. The Morgan fingerprint density at radius 1 is 0.885 bits per heavy atom.